The summed E-state index contributed by atoms with van der Waals surface area (Å²) < 4.78 is 20.6. The second-order valence-corrected chi connectivity index (χ2v) is 3.50. The van der Waals surface area contributed by atoms with Gasteiger partial charge < -0.3 is 20.0 Å². The number of rotatable bonds is 5. The molecule has 0 aliphatic rings. The van der Waals surface area contributed by atoms with Crippen molar-refractivity contribution in [1.82, 2.24) is 0 Å². The molecule has 0 unspecified atom stereocenters. The summed E-state index contributed by atoms with van der Waals surface area (Å²) in [5.74, 6) is -0.952. The molecule has 0 aliphatic heterocycles. The van der Waals surface area contributed by atoms with Gasteiger partial charge in [-0.3, -0.25) is 9.32 Å². The third-order valence-electron chi connectivity index (χ3n) is 1.11. The molecule has 0 saturated heterocycles. The van der Waals surface area contributed by atoms with Gasteiger partial charge in [0.15, 0.2) is 5.78 Å². The fourth-order valence-corrected chi connectivity index (χ4v) is 0.826. The molecule has 0 bridgehead atoms. The second-order valence-electron chi connectivity index (χ2n) is 2.26. The van der Waals surface area contributed by atoms with Crippen LogP contribution in [0.25, 0.3) is 0 Å². The predicted octanol–water partition coefficient (Wildman–Crippen LogP) is -1.59. The fraction of sp³-hybridized carbons (Fsp3) is 0.800. The molecule has 0 saturated carbocycles. The van der Waals surface area contributed by atoms with Crippen molar-refractivity contribution < 1.29 is 35.3 Å². The molecule has 2 atom stereocenters. The molecule has 0 aromatic rings. The van der Waals surface area contributed by atoms with Gasteiger partial charge in [-0.2, -0.15) is 0 Å². The Morgan fingerprint density at radius 1 is 1.62 bits per heavy atom. The van der Waals surface area contributed by atoms with Gasteiger partial charge in [0.1, 0.15) is 12.2 Å². The Morgan fingerprint density at radius 2 is 2.15 bits per heavy atom. The van der Waals surface area contributed by atoms with Gasteiger partial charge in [-0.25, -0.2) is 4.57 Å². The topological polar surface area (TPSA) is 124 Å². The number of hydrogen-bond acceptors (Lipinski definition) is 5. The minimum absolute atomic E-state index is 0.728. The van der Waals surface area contributed by atoms with E-state index in [2.05, 4.69) is 4.52 Å². The highest BCUT2D eigenvalue weighted by molar-refractivity contribution is 7.46. The Labute approximate surface area is 75.6 Å². The molecule has 0 spiro atoms. The minimum atomic E-state index is -4.73. The van der Waals surface area contributed by atoms with Crippen LogP contribution in [0.5, 0.6) is 0 Å². The van der Waals surface area contributed by atoms with Gasteiger partial charge in [-0.15, -0.1) is 0 Å². The highest BCUT2D eigenvalue weighted by atomic mass is 31.2. The molecule has 0 aromatic heterocycles. The number of hydrogen-bond donors (Lipinski definition) is 4. The number of ketones is 1. The summed E-state index contributed by atoms with van der Waals surface area (Å²) in [4.78, 5) is 27.1. The van der Waals surface area contributed by atoms with Crippen molar-refractivity contribution in [2.75, 3.05) is 6.61 Å². The van der Waals surface area contributed by atoms with Crippen molar-refractivity contribution in [2.45, 2.75) is 19.1 Å². The first-order chi connectivity index (χ1) is 6.28. The van der Waals surface area contributed by atoms with Gasteiger partial charge in [0.25, 0.3) is 0 Å². The van der Waals surface area contributed by atoms with Crippen LogP contribution < -0.4 is 0 Å². The normalized spacial score (nSPS) is 17.7. The van der Waals surface area contributed by atoms with E-state index in [1.165, 1.54) is 0 Å². The quantitative estimate of drug-likeness (QED) is 0.407. The summed E-state index contributed by atoms with van der Waals surface area (Å²) in [5.41, 5.74) is 0. The standard InChI is InChI=1S/C5H11O7P/c1-3(6)5(8)4(7)2-12-13(9,10)11/h4-5,7-8H,2H2,1H3,(H2,9,10,11)/t4-,5-/m1/s1/i1D. The molecule has 0 heterocycles. The first-order valence-corrected chi connectivity index (χ1v) is 4.69. The van der Waals surface area contributed by atoms with Crippen molar-refractivity contribution in [1.29, 1.82) is 0 Å². The average molecular weight is 215 g/mol. The van der Waals surface area contributed by atoms with E-state index >= 15 is 0 Å². The van der Waals surface area contributed by atoms with Crippen molar-refractivity contribution in [2.24, 2.45) is 0 Å². The maximum Gasteiger partial charge on any atom is 0.469 e. The lowest BCUT2D eigenvalue weighted by molar-refractivity contribution is -0.132. The SMILES string of the molecule is [2H]CC(=O)[C@@H](O)[C@H](O)COP(=O)(O)O. The van der Waals surface area contributed by atoms with Crippen LogP contribution in [-0.4, -0.2) is 44.6 Å². The minimum Gasteiger partial charge on any atom is -0.388 e. The van der Waals surface area contributed by atoms with Crippen LogP contribution in [0.2, 0.25) is 0 Å². The van der Waals surface area contributed by atoms with E-state index in [-0.39, 0.29) is 0 Å². The lowest BCUT2D eigenvalue weighted by Crippen LogP contribution is -2.35. The van der Waals surface area contributed by atoms with Crippen LogP contribution in [0, 0.1) is 0 Å². The summed E-state index contributed by atoms with van der Waals surface area (Å²) >= 11 is 0. The van der Waals surface area contributed by atoms with Crippen molar-refractivity contribution in [3.63, 3.8) is 0 Å². The Morgan fingerprint density at radius 3 is 2.54 bits per heavy atom. The lowest BCUT2D eigenvalue weighted by Gasteiger charge is -2.15. The largest absolute Gasteiger partial charge is 0.469 e. The first kappa shape index (κ1) is 10.8. The number of aliphatic hydroxyl groups excluding tert-OH is 2. The van der Waals surface area contributed by atoms with E-state index in [0.29, 0.717) is 0 Å². The summed E-state index contributed by atoms with van der Waals surface area (Å²) in [6.07, 6.45) is -3.61. The van der Waals surface area contributed by atoms with Crippen LogP contribution in [0.15, 0.2) is 0 Å². The van der Waals surface area contributed by atoms with Crippen LogP contribution >= 0.6 is 7.82 Å². The molecular formula is C5H11O7P. The first-order valence-electron chi connectivity index (χ1n) is 3.87. The molecule has 7 nitrogen and oxygen atoms in total. The third kappa shape index (κ3) is 5.87. The van der Waals surface area contributed by atoms with Gasteiger partial charge in [0, 0.05) is 1.37 Å². The average Bonchev–Trinajstić information content (AvgIpc) is 2.10. The summed E-state index contributed by atoms with van der Waals surface area (Å²) in [7, 11) is -4.73. The summed E-state index contributed by atoms with van der Waals surface area (Å²) in [6.45, 7) is -1.61. The van der Waals surface area contributed by atoms with Crippen molar-refractivity contribution in [3.05, 3.63) is 0 Å². The highest BCUT2D eigenvalue weighted by Gasteiger charge is 2.24. The smallest absolute Gasteiger partial charge is 0.388 e. The molecule has 0 amide bonds. The Balaban J connectivity index is 4.02. The molecule has 13 heavy (non-hydrogen) atoms. The van der Waals surface area contributed by atoms with E-state index in [1.54, 1.807) is 0 Å². The predicted molar refractivity (Wildman–Crippen MR) is 40.7 cm³/mol. The lowest BCUT2D eigenvalue weighted by atomic mass is 10.1. The number of aliphatic hydroxyl groups is 2. The zero-order chi connectivity index (χ0) is 11.4. The van der Waals surface area contributed by atoms with Crippen LogP contribution in [0.1, 0.15) is 8.27 Å². The van der Waals surface area contributed by atoms with Crippen LogP contribution in [0.3, 0.4) is 0 Å². The maximum atomic E-state index is 10.6. The molecule has 0 aliphatic carbocycles. The van der Waals surface area contributed by atoms with Crippen molar-refractivity contribution >= 4 is 13.6 Å². The number of carbonyl (C=O) groups excluding carboxylic acids is 1. The molecule has 78 valence electrons. The van der Waals surface area contributed by atoms with E-state index in [0.717, 1.165) is 0 Å². The monoisotopic (exact) mass is 215 g/mol. The molecule has 8 heteroatoms. The zero-order valence-electron chi connectivity index (χ0n) is 7.53. The summed E-state index contributed by atoms with van der Waals surface area (Å²) in [5, 5.41) is 17.9. The fourth-order valence-electron chi connectivity index (χ4n) is 0.479. The van der Waals surface area contributed by atoms with E-state index in [4.69, 9.17) is 21.4 Å². The van der Waals surface area contributed by atoms with Crippen LogP contribution in [0.4, 0.5) is 0 Å². The van der Waals surface area contributed by atoms with Gasteiger partial charge in [-0.05, 0) is 6.90 Å². The molecule has 0 aromatic carbocycles. The number of Topliss-reactive ketones (excluding diaryl/α,β-unsaturated/α-hetero) is 1. The third-order valence-corrected chi connectivity index (χ3v) is 1.59. The Kier molecular flexibility index (Phi) is 3.98. The van der Waals surface area contributed by atoms with Gasteiger partial charge >= 0.3 is 7.82 Å². The van der Waals surface area contributed by atoms with E-state index in [1.807, 2.05) is 0 Å². The second kappa shape index (κ2) is 4.80. The van der Waals surface area contributed by atoms with Gasteiger partial charge in [-0.1, -0.05) is 0 Å². The van der Waals surface area contributed by atoms with Crippen molar-refractivity contribution in [3.8, 4) is 0 Å². The molecule has 0 fully saturated rings. The molecule has 0 radical (unpaired) electrons. The highest BCUT2D eigenvalue weighted by Crippen LogP contribution is 2.35. The molecule has 0 rings (SSSR count). The number of carbonyl (C=O) groups is 1. The Bertz CT molecular complexity index is 238. The van der Waals surface area contributed by atoms with Crippen LogP contribution in [-0.2, 0) is 13.9 Å². The zero-order valence-corrected chi connectivity index (χ0v) is 7.42. The number of phosphoric ester groups is 1. The van der Waals surface area contributed by atoms with Gasteiger partial charge in [0.05, 0.1) is 6.61 Å². The van der Waals surface area contributed by atoms with E-state index < -0.39 is 39.3 Å². The maximum absolute atomic E-state index is 10.6. The van der Waals surface area contributed by atoms with E-state index in [9.17, 15) is 9.36 Å². The number of phosphoric acid groups is 1. The molecule has 4 N–H and O–H groups in total. The molecular weight excluding hydrogens is 203 g/mol. The summed E-state index contributed by atoms with van der Waals surface area (Å²) in [6, 6.07) is 0. The van der Waals surface area contributed by atoms with Gasteiger partial charge in [0.2, 0.25) is 0 Å². The Hall–Kier alpha value is -0.300.